The summed E-state index contributed by atoms with van der Waals surface area (Å²) in [5.74, 6) is -0.362. The Morgan fingerprint density at radius 3 is 3.12 bits per heavy atom. The lowest BCUT2D eigenvalue weighted by Gasteiger charge is -2.15. The number of carboxylic acids is 1. The van der Waals surface area contributed by atoms with Crippen LogP contribution >= 0.6 is 0 Å². The number of ether oxygens (including phenoxy) is 1. The predicted octanol–water partition coefficient (Wildman–Crippen LogP) is 2.34. The molecule has 0 saturated heterocycles. The first-order valence-corrected chi connectivity index (χ1v) is 5.22. The van der Waals surface area contributed by atoms with Gasteiger partial charge in [-0.3, -0.25) is 4.98 Å². The molecule has 0 fully saturated rings. The first-order chi connectivity index (χ1) is 8.27. The van der Waals surface area contributed by atoms with E-state index in [2.05, 4.69) is 4.98 Å². The van der Waals surface area contributed by atoms with Crippen LogP contribution in [0.4, 0.5) is 0 Å². The average Bonchev–Trinajstić information content (AvgIpc) is 2.37. The summed E-state index contributed by atoms with van der Waals surface area (Å²) in [6, 6.07) is 5.03. The van der Waals surface area contributed by atoms with Gasteiger partial charge in [-0.15, -0.1) is 0 Å². The van der Waals surface area contributed by atoms with Crippen LogP contribution in [0.2, 0.25) is 0 Å². The summed E-state index contributed by atoms with van der Waals surface area (Å²) in [4.78, 5) is 15.4. The summed E-state index contributed by atoms with van der Waals surface area (Å²) >= 11 is 0. The van der Waals surface area contributed by atoms with Crippen molar-refractivity contribution >= 4 is 22.9 Å². The third-order valence-corrected chi connectivity index (χ3v) is 2.73. The predicted molar refractivity (Wildman–Crippen MR) is 63.2 cm³/mol. The number of fused-ring (bicyclic) bond motifs is 3. The van der Waals surface area contributed by atoms with Crippen molar-refractivity contribution in [3.63, 3.8) is 0 Å². The van der Waals surface area contributed by atoms with Gasteiger partial charge < -0.3 is 9.84 Å². The summed E-state index contributed by atoms with van der Waals surface area (Å²) in [6.07, 6.45) is 5.46. The lowest BCUT2D eigenvalue weighted by atomic mass is 10.0. The molecule has 1 aromatic carbocycles. The minimum Gasteiger partial charge on any atom is -0.488 e. The molecule has 0 amide bonds. The quantitative estimate of drug-likeness (QED) is 0.812. The highest BCUT2D eigenvalue weighted by Crippen LogP contribution is 2.33. The lowest BCUT2D eigenvalue weighted by molar-refractivity contribution is 0.0698. The monoisotopic (exact) mass is 227 g/mol. The van der Waals surface area contributed by atoms with Gasteiger partial charge in [0.25, 0.3) is 0 Å². The maximum absolute atomic E-state index is 11.2. The molecule has 0 bridgehead atoms. The molecule has 0 radical (unpaired) electrons. The van der Waals surface area contributed by atoms with Gasteiger partial charge in [-0.05, 0) is 18.2 Å². The van der Waals surface area contributed by atoms with Gasteiger partial charge in [0.15, 0.2) is 0 Å². The number of carbonyl (C=O) groups is 1. The van der Waals surface area contributed by atoms with Crippen molar-refractivity contribution in [2.45, 2.75) is 0 Å². The standard InChI is InChI=1S/C13H9NO3/c15-13(16)9-4-1-5-10-11(9)12-8(7-14-10)3-2-6-17-12/h1-5,7H,6H2,(H,15,16). The highest BCUT2D eigenvalue weighted by molar-refractivity contribution is 6.06. The normalized spacial score (nSPS) is 13.2. The number of aromatic nitrogens is 1. The van der Waals surface area contributed by atoms with Gasteiger partial charge in [-0.2, -0.15) is 0 Å². The molecule has 3 rings (SSSR count). The fourth-order valence-corrected chi connectivity index (χ4v) is 1.99. The Balaban J connectivity index is 2.44. The average molecular weight is 227 g/mol. The fraction of sp³-hybridized carbons (Fsp3) is 0.0769. The second-order valence-electron chi connectivity index (χ2n) is 3.76. The van der Waals surface area contributed by atoms with E-state index in [1.807, 2.05) is 12.2 Å². The minimum atomic E-state index is -0.969. The molecule has 1 aliphatic heterocycles. The van der Waals surface area contributed by atoms with E-state index in [1.54, 1.807) is 24.4 Å². The minimum absolute atomic E-state index is 0.224. The molecule has 2 aromatic rings. The molecule has 0 unspecified atom stereocenters. The first-order valence-electron chi connectivity index (χ1n) is 5.22. The van der Waals surface area contributed by atoms with Crippen molar-refractivity contribution in [3.8, 4) is 5.75 Å². The molecule has 1 aliphatic rings. The van der Waals surface area contributed by atoms with Crippen molar-refractivity contribution in [3.05, 3.63) is 41.6 Å². The summed E-state index contributed by atoms with van der Waals surface area (Å²) in [5, 5.41) is 9.75. The molecule has 0 spiro atoms. The molecular weight excluding hydrogens is 218 g/mol. The Kier molecular flexibility index (Phi) is 2.08. The second kappa shape index (κ2) is 3.59. The van der Waals surface area contributed by atoms with Crippen LogP contribution in [-0.4, -0.2) is 22.7 Å². The SMILES string of the molecule is O=C(O)c1cccc2ncc3c(c12)OCC=C3. The summed E-state index contributed by atoms with van der Waals surface area (Å²) in [5.41, 5.74) is 1.68. The Bertz CT molecular complexity index is 646. The Morgan fingerprint density at radius 1 is 1.41 bits per heavy atom. The number of rotatable bonds is 1. The third-order valence-electron chi connectivity index (χ3n) is 2.73. The summed E-state index contributed by atoms with van der Waals surface area (Å²) < 4.78 is 5.54. The molecule has 2 heterocycles. The van der Waals surface area contributed by atoms with Gasteiger partial charge in [0, 0.05) is 11.8 Å². The highest BCUT2D eigenvalue weighted by Gasteiger charge is 2.17. The van der Waals surface area contributed by atoms with Gasteiger partial charge in [0.1, 0.15) is 12.4 Å². The number of hydrogen-bond donors (Lipinski definition) is 1. The van der Waals surface area contributed by atoms with E-state index in [4.69, 9.17) is 4.74 Å². The smallest absolute Gasteiger partial charge is 0.336 e. The molecule has 4 nitrogen and oxygen atoms in total. The van der Waals surface area contributed by atoms with Crippen molar-refractivity contribution in [1.29, 1.82) is 0 Å². The maximum Gasteiger partial charge on any atom is 0.336 e. The second-order valence-corrected chi connectivity index (χ2v) is 3.76. The zero-order chi connectivity index (χ0) is 11.8. The number of nitrogens with zero attached hydrogens (tertiary/aromatic N) is 1. The van der Waals surface area contributed by atoms with Gasteiger partial charge in [-0.25, -0.2) is 4.79 Å². The van der Waals surface area contributed by atoms with Crippen LogP contribution in [0, 0.1) is 0 Å². The van der Waals surface area contributed by atoms with E-state index in [1.165, 1.54) is 0 Å². The van der Waals surface area contributed by atoms with Crippen molar-refractivity contribution in [2.24, 2.45) is 0 Å². The number of pyridine rings is 1. The van der Waals surface area contributed by atoms with E-state index >= 15 is 0 Å². The fourth-order valence-electron chi connectivity index (χ4n) is 1.99. The van der Waals surface area contributed by atoms with Gasteiger partial charge >= 0.3 is 5.97 Å². The molecule has 0 aliphatic carbocycles. The number of benzene rings is 1. The molecule has 17 heavy (non-hydrogen) atoms. The molecule has 0 saturated carbocycles. The molecule has 4 heteroatoms. The molecular formula is C13H9NO3. The van der Waals surface area contributed by atoms with Crippen LogP contribution in [-0.2, 0) is 0 Å². The third kappa shape index (κ3) is 1.45. The van der Waals surface area contributed by atoms with Crippen LogP contribution in [0.25, 0.3) is 17.0 Å². The zero-order valence-corrected chi connectivity index (χ0v) is 8.88. The topological polar surface area (TPSA) is 59.4 Å². The summed E-state index contributed by atoms with van der Waals surface area (Å²) in [7, 11) is 0. The number of hydrogen-bond acceptors (Lipinski definition) is 3. The lowest BCUT2D eigenvalue weighted by Crippen LogP contribution is -2.05. The van der Waals surface area contributed by atoms with Crippen LogP contribution in [0.15, 0.2) is 30.5 Å². The Morgan fingerprint density at radius 2 is 2.29 bits per heavy atom. The Labute approximate surface area is 97.2 Å². The van der Waals surface area contributed by atoms with Crippen molar-refractivity contribution in [2.75, 3.05) is 6.61 Å². The van der Waals surface area contributed by atoms with E-state index in [0.717, 1.165) is 5.56 Å². The molecule has 84 valence electrons. The van der Waals surface area contributed by atoms with Gasteiger partial charge in [0.05, 0.1) is 16.5 Å². The van der Waals surface area contributed by atoms with Crippen molar-refractivity contribution < 1.29 is 14.6 Å². The van der Waals surface area contributed by atoms with E-state index < -0.39 is 5.97 Å². The van der Waals surface area contributed by atoms with E-state index in [9.17, 15) is 9.90 Å². The van der Waals surface area contributed by atoms with E-state index in [-0.39, 0.29) is 5.56 Å². The maximum atomic E-state index is 11.2. The molecule has 1 N–H and O–H groups in total. The molecule has 0 atom stereocenters. The number of carboxylic acid groups (broad SMARTS) is 1. The largest absolute Gasteiger partial charge is 0.488 e. The highest BCUT2D eigenvalue weighted by atomic mass is 16.5. The van der Waals surface area contributed by atoms with Crippen LogP contribution < -0.4 is 4.74 Å². The first kappa shape index (κ1) is 9.84. The zero-order valence-electron chi connectivity index (χ0n) is 8.88. The summed E-state index contributed by atoms with van der Waals surface area (Å²) in [6.45, 7) is 0.458. The van der Waals surface area contributed by atoms with Crippen LogP contribution in [0.5, 0.6) is 5.75 Å². The van der Waals surface area contributed by atoms with Crippen LogP contribution in [0.1, 0.15) is 15.9 Å². The number of aromatic carboxylic acids is 1. The Hall–Kier alpha value is -2.36. The van der Waals surface area contributed by atoms with Gasteiger partial charge in [-0.1, -0.05) is 12.1 Å². The van der Waals surface area contributed by atoms with Gasteiger partial charge in [0.2, 0.25) is 0 Å². The van der Waals surface area contributed by atoms with Crippen molar-refractivity contribution in [1.82, 2.24) is 4.98 Å². The molecule has 1 aromatic heterocycles. The van der Waals surface area contributed by atoms with Crippen LogP contribution in [0.3, 0.4) is 0 Å². The van der Waals surface area contributed by atoms with E-state index in [0.29, 0.717) is 23.3 Å².